The van der Waals surface area contributed by atoms with Crippen LogP contribution in [0.1, 0.15) is 20.8 Å². The maximum Gasteiger partial charge on any atom is 0.0842 e. The third-order valence-electron chi connectivity index (χ3n) is 1.14. The zero-order chi connectivity index (χ0) is 7.98. The van der Waals surface area contributed by atoms with Crippen LogP contribution in [0.25, 0.3) is 0 Å². The summed E-state index contributed by atoms with van der Waals surface area (Å²) < 4.78 is 4.89. The normalized spacial score (nSPS) is 14.0. The van der Waals surface area contributed by atoms with E-state index in [0.717, 1.165) is 11.4 Å². The predicted octanol–water partition coefficient (Wildman–Crippen LogP) is 2.02. The minimum atomic E-state index is 0.616. The molecule has 0 amide bonds. The molecule has 0 aromatic carbocycles. The molecular weight excluding hydrogens is 126 g/mol. The first-order chi connectivity index (χ1) is 4.70. The van der Waals surface area contributed by atoms with Crippen LogP contribution in [0.2, 0.25) is 0 Å². The highest BCUT2D eigenvalue weighted by Gasteiger charge is 1.87. The van der Waals surface area contributed by atoms with Crippen LogP contribution in [0.15, 0.2) is 16.8 Å². The van der Waals surface area contributed by atoms with Crippen LogP contribution in [0.3, 0.4) is 0 Å². The van der Waals surface area contributed by atoms with Gasteiger partial charge in [-0.15, -0.1) is 0 Å². The molecule has 58 valence electrons. The molecule has 0 heterocycles. The van der Waals surface area contributed by atoms with Crippen molar-refractivity contribution in [3.8, 4) is 0 Å². The number of aliphatic imine (C=N–C) groups is 1. The van der Waals surface area contributed by atoms with Crippen molar-refractivity contribution in [2.45, 2.75) is 20.8 Å². The van der Waals surface area contributed by atoms with Gasteiger partial charge in [-0.05, 0) is 20.8 Å². The minimum Gasteiger partial charge on any atom is -0.379 e. The van der Waals surface area contributed by atoms with Gasteiger partial charge in [0.2, 0.25) is 0 Å². The molecule has 0 rings (SSSR count). The van der Waals surface area contributed by atoms with Crippen molar-refractivity contribution < 1.29 is 4.74 Å². The molecule has 0 aromatic rings. The Balaban J connectivity index is 3.90. The lowest BCUT2D eigenvalue weighted by atomic mass is 10.4. The van der Waals surface area contributed by atoms with Gasteiger partial charge in [0.25, 0.3) is 0 Å². The largest absolute Gasteiger partial charge is 0.379 e. The van der Waals surface area contributed by atoms with E-state index in [4.69, 9.17) is 4.74 Å². The number of hydrogen-bond acceptors (Lipinski definition) is 2. The van der Waals surface area contributed by atoms with E-state index < -0.39 is 0 Å². The summed E-state index contributed by atoms with van der Waals surface area (Å²) in [6, 6.07) is 0. The van der Waals surface area contributed by atoms with Crippen LogP contribution in [-0.2, 0) is 4.74 Å². The third-order valence-corrected chi connectivity index (χ3v) is 1.14. The van der Waals surface area contributed by atoms with Gasteiger partial charge in [-0.1, -0.05) is 6.08 Å². The lowest BCUT2D eigenvalue weighted by Crippen LogP contribution is -2.01. The second-order valence-electron chi connectivity index (χ2n) is 2.21. The van der Waals surface area contributed by atoms with E-state index in [1.54, 1.807) is 7.11 Å². The van der Waals surface area contributed by atoms with Crippen molar-refractivity contribution >= 4 is 5.71 Å². The van der Waals surface area contributed by atoms with Crippen LogP contribution in [-0.4, -0.2) is 19.4 Å². The second-order valence-corrected chi connectivity index (χ2v) is 2.21. The Morgan fingerprint density at radius 3 is 2.50 bits per heavy atom. The molecule has 10 heavy (non-hydrogen) atoms. The van der Waals surface area contributed by atoms with Crippen LogP contribution >= 0.6 is 0 Å². The molecule has 0 fully saturated rings. The van der Waals surface area contributed by atoms with Gasteiger partial charge in [0.05, 0.1) is 6.61 Å². The Hall–Kier alpha value is -0.630. The van der Waals surface area contributed by atoms with Gasteiger partial charge >= 0.3 is 0 Å². The molecule has 0 aliphatic carbocycles. The van der Waals surface area contributed by atoms with Crippen molar-refractivity contribution in [3.05, 3.63) is 11.8 Å². The van der Waals surface area contributed by atoms with E-state index in [9.17, 15) is 0 Å². The number of methoxy groups -OCH3 is 1. The van der Waals surface area contributed by atoms with E-state index in [2.05, 4.69) is 4.99 Å². The van der Waals surface area contributed by atoms with Crippen LogP contribution < -0.4 is 0 Å². The molecule has 0 saturated carbocycles. The van der Waals surface area contributed by atoms with Gasteiger partial charge in [0, 0.05) is 18.5 Å². The van der Waals surface area contributed by atoms with Gasteiger partial charge in [-0.2, -0.15) is 0 Å². The summed E-state index contributed by atoms with van der Waals surface area (Å²) in [6.07, 6.45) is 1.97. The molecule has 0 aromatic heterocycles. The first kappa shape index (κ1) is 9.37. The smallest absolute Gasteiger partial charge is 0.0842 e. The van der Waals surface area contributed by atoms with E-state index in [0.29, 0.717) is 6.61 Å². The Labute approximate surface area is 62.6 Å². The molecule has 0 radical (unpaired) electrons. The highest BCUT2D eigenvalue weighted by molar-refractivity contribution is 5.83. The molecule has 0 bridgehead atoms. The monoisotopic (exact) mass is 141 g/mol. The van der Waals surface area contributed by atoms with Crippen molar-refractivity contribution in [1.82, 2.24) is 0 Å². The Bertz CT molecular complexity index is 147. The molecule has 2 heteroatoms. The van der Waals surface area contributed by atoms with E-state index in [1.165, 1.54) is 0 Å². The zero-order valence-electron chi connectivity index (χ0n) is 7.14. The molecule has 0 aliphatic heterocycles. The topological polar surface area (TPSA) is 21.6 Å². The van der Waals surface area contributed by atoms with Gasteiger partial charge in [-0.25, -0.2) is 0 Å². The van der Waals surface area contributed by atoms with Crippen LogP contribution in [0, 0.1) is 0 Å². The predicted molar refractivity (Wildman–Crippen MR) is 44.4 cm³/mol. The molecule has 0 spiro atoms. The summed E-state index contributed by atoms with van der Waals surface area (Å²) >= 11 is 0. The number of hydrogen-bond donors (Lipinski definition) is 0. The maximum atomic E-state index is 4.89. The molecule has 0 N–H and O–H groups in total. The summed E-state index contributed by atoms with van der Waals surface area (Å²) in [4.78, 5) is 4.24. The number of allylic oxidation sites excluding steroid dienone is 2. The van der Waals surface area contributed by atoms with E-state index in [-0.39, 0.29) is 0 Å². The maximum absolute atomic E-state index is 4.89. The second kappa shape index (κ2) is 5.18. The molecule has 0 unspecified atom stereocenters. The first-order valence-electron chi connectivity index (χ1n) is 3.36. The Kier molecular flexibility index (Phi) is 4.85. The fourth-order valence-corrected chi connectivity index (χ4v) is 0.607. The van der Waals surface area contributed by atoms with Crippen LogP contribution in [0.4, 0.5) is 0 Å². The lowest BCUT2D eigenvalue weighted by molar-refractivity contribution is 0.245. The van der Waals surface area contributed by atoms with Crippen molar-refractivity contribution in [2.24, 2.45) is 4.99 Å². The van der Waals surface area contributed by atoms with Crippen LogP contribution in [0.5, 0.6) is 0 Å². The summed E-state index contributed by atoms with van der Waals surface area (Å²) in [5.41, 5.74) is 2.05. The Morgan fingerprint density at radius 2 is 2.10 bits per heavy atom. The zero-order valence-corrected chi connectivity index (χ0v) is 7.14. The average molecular weight is 141 g/mol. The minimum absolute atomic E-state index is 0.616. The fraction of sp³-hybridized carbons (Fsp3) is 0.625. The average Bonchev–Trinajstić information content (AvgIpc) is 1.88. The Morgan fingerprint density at radius 1 is 1.50 bits per heavy atom. The third kappa shape index (κ3) is 4.27. The van der Waals surface area contributed by atoms with Crippen molar-refractivity contribution in [3.63, 3.8) is 0 Å². The highest BCUT2D eigenvalue weighted by Crippen LogP contribution is 1.94. The quantitative estimate of drug-likeness (QED) is 0.551. The first-order valence-corrected chi connectivity index (χ1v) is 3.36. The molecule has 0 saturated heterocycles. The van der Waals surface area contributed by atoms with E-state index >= 15 is 0 Å². The van der Waals surface area contributed by atoms with Crippen molar-refractivity contribution in [2.75, 3.05) is 13.7 Å². The van der Waals surface area contributed by atoms with Gasteiger partial charge in [-0.3, -0.25) is 4.99 Å². The van der Waals surface area contributed by atoms with Gasteiger partial charge < -0.3 is 4.74 Å². The summed E-state index contributed by atoms with van der Waals surface area (Å²) in [5.74, 6) is 0. The SMILES string of the molecule is C/C=C(/C)N=C(C)COC. The summed E-state index contributed by atoms with van der Waals surface area (Å²) in [6.45, 7) is 6.51. The highest BCUT2D eigenvalue weighted by atomic mass is 16.5. The number of rotatable bonds is 3. The molecule has 0 atom stereocenters. The summed E-state index contributed by atoms with van der Waals surface area (Å²) in [5, 5.41) is 0. The number of ether oxygens (including phenoxy) is 1. The molecule has 0 aliphatic rings. The van der Waals surface area contributed by atoms with Gasteiger partial charge in [0.1, 0.15) is 0 Å². The lowest BCUT2D eigenvalue weighted by Gasteiger charge is -1.97. The van der Waals surface area contributed by atoms with Crippen molar-refractivity contribution in [1.29, 1.82) is 0 Å². The van der Waals surface area contributed by atoms with Gasteiger partial charge in [0.15, 0.2) is 0 Å². The van der Waals surface area contributed by atoms with E-state index in [1.807, 2.05) is 26.8 Å². The standard InChI is InChI=1S/C8H15NO/c1-5-7(2)9-8(3)6-10-4/h5H,6H2,1-4H3/b7-5-,9-8?. The molecular formula is C8H15NO. The fourth-order valence-electron chi connectivity index (χ4n) is 0.607. The molecule has 2 nitrogen and oxygen atoms in total. The number of nitrogens with zero attached hydrogens (tertiary/aromatic N) is 1. The summed E-state index contributed by atoms with van der Waals surface area (Å²) in [7, 11) is 1.67.